The van der Waals surface area contributed by atoms with Gasteiger partial charge in [-0.15, -0.1) is 0 Å². The van der Waals surface area contributed by atoms with Gasteiger partial charge >= 0.3 is 0 Å². The number of hydrogen-bond acceptors (Lipinski definition) is 1. The van der Waals surface area contributed by atoms with Crippen LogP contribution in [-0.4, -0.2) is 4.98 Å². The SMILES string of the molecule is Fc1c(Cl)cnc(CBr)c1C(F)F. The van der Waals surface area contributed by atoms with Crippen molar-refractivity contribution in [1.82, 2.24) is 4.98 Å². The van der Waals surface area contributed by atoms with E-state index in [9.17, 15) is 13.2 Å². The van der Waals surface area contributed by atoms with E-state index < -0.39 is 17.8 Å². The minimum absolute atomic E-state index is 0.0306. The van der Waals surface area contributed by atoms with Crippen molar-refractivity contribution >= 4 is 27.5 Å². The highest BCUT2D eigenvalue weighted by Crippen LogP contribution is 2.29. The van der Waals surface area contributed by atoms with Crippen LogP contribution in [0.4, 0.5) is 13.2 Å². The number of nitrogens with zero attached hydrogens (tertiary/aromatic N) is 1. The summed E-state index contributed by atoms with van der Waals surface area (Å²) in [6, 6.07) is 0. The molecule has 0 fully saturated rings. The van der Waals surface area contributed by atoms with Gasteiger partial charge in [0.1, 0.15) is 0 Å². The lowest BCUT2D eigenvalue weighted by molar-refractivity contribution is 0.145. The van der Waals surface area contributed by atoms with Crippen LogP contribution in [0.3, 0.4) is 0 Å². The molecule has 1 nitrogen and oxygen atoms in total. The second-order valence-corrected chi connectivity index (χ2v) is 3.18. The fourth-order valence-corrected chi connectivity index (χ4v) is 1.44. The summed E-state index contributed by atoms with van der Waals surface area (Å²) < 4.78 is 37.6. The van der Waals surface area contributed by atoms with Crippen LogP contribution in [0.1, 0.15) is 17.7 Å². The summed E-state index contributed by atoms with van der Waals surface area (Å²) in [4.78, 5) is 3.58. The van der Waals surface area contributed by atoms with Crippen molar-refractivity contribution in [2.24, 2.45) is 0 Å². The number of rotatable bonds is 2. The van der Waals surface area contributed by atoms with Gasteiger partial charge in [0.05, 0.1) is 16.3 Å². The van der Waals surface area contributed by atoms with E-state index in [0.29, 0.717) is 0 Å². The highest BCUT2D eigenvalue weighted by atomic mass is 79.9. The Bertz CT molecular complexity index is 319. The molecule has 0 atom stereocenters. The third-order valence-electron chi connectivity index (χ3n) is 1.44. The van der Waals surface area contributed by atoms with Crippen molar-refractivity contribution in [2.75, 3.05) is 0 Å². The van der Waals surface area contributed by atoms with Gasteiger partial charge in [-0.05, 0) is 0 Å². The first kappa shape index (κ1) is 10.8. The third-order valence-corrected chi connectivity index (χ3v) is 2.23. The van der Waals surface area contributed by atoms with Gasteiger partial charge < -0.3 is 0 Å². The van der Waals surface area contributed by atoms with E-state index in [-0.39, 0.29) is 16.0 Å². The highest BCUT2D eigenvalue weighted by Gasteiger charge is 2.21. The maximum atomic E-state index is 13.0. The Hall–Kier alpha value is -0.290. The molecule has 1 aromatic rings. The lowest BCUT2D eigenvalue weighted by Crippen LogP contribution is -2.00. The fourth-order valence-electron chi connectivity index (χ4n) is 0.844. The molecule has 13 heavy (non-hydrogen) atoms. The average Bonchev–Trinajstić information content (AvgIpc) is 2.08. The molecular weight excluding hydrogens is 270 g/mol. The summed E-state index contributed by atoms with van der Waals surface area (Å²) >= 11 is 8.23. The fraction of sp³-hybridized carbons (Fsp3) is 0.286. The third kappa shape index (κ3) is 2.14. The summed E-state index contributed by atoms with van der Waals surface area (Å²) in [5.41, 5.74) is -0.763. The van der Waals surface area contributed by atoms with Gasteiger partial charge in [-0.1, -0.05) is 27.5 Å². The quantitative estimate of drug-likeness (QED) is 0.749. The smallest absolute Gasteiger partial charge is 0.258 e. The Morgan fingerprint density at radius 1 is 1.54 bits per heavy atom. The zero-order valence-corrected chi connectivity index (χ0v) is 8.54. The Morgan fingerprint density at radius 3 is 2.62 bits per heavy atom. The van der Waals surface area contributed by atoms with Gasteiger partial charge in [0.15, 0.2) is 5.82 Å². The van der Waals surface area contributed by atoms with Gasteiger partial charge in [-0.3, -0.25) is 4.98 Å². The first-order valence-electron chi connectivity index (χ1n) is 3.24. The van der Waals surface area contributed by atoms with Crippen LogP contribution in [0.2, 0.25) is 5.02 Å². The molecule has 0 N–H and O–H groups in total. The summed E-state index contributed by atoms with van der Waals surface area (Å²) in [5, 5.41) is -0.319. The van der Waals surface area contributed by atoms with Crippen molar-refractivity contribution in [1.29, 1.82) is 0 Å². The van der Waals surface area contributed by atoms with Gasteiger partial charge in [0, 0.05) is 11.5 Å². The Balaban J connectivity index is 3.32. The summed E-state index contributed by atoms with van der Waals surface area (Å²) in [6.07, 6.45) is -1.89. The lowest BCUT2D eigenvalue weighted by atomic mass is 10.2. The van der Waals surface area contributed by atoms with Crippen LogP contribution in [0, 0.1) is 5.82 Å². The number of hydrogen-bond donors (Lipinski definition) is 0. The maximum absolute atomic E-state index is 13.0. The second-order valence-electron chi connectivity index (χ2n) is 2.21. The van der Waals surface area contributed by atoms with Crippen molar-refractivity contribution < 1.29 is 13.2 Å². The molecule has 72 valence electrons. The van der Waals surface area contributed by atoms with Crippen molar-refractivity contribution in [3.05, 3.63) is 28.3 Å². The predicted molar refractivity (Wildman–Crippen MR) is 46.8 cm³/mol. The predicted octanol–water partition coefficient (Wildman–Crippen LogP) is 3.71. The lowest BCUT2D eigenvalue weighted by Gasteiger charge is -2.07. The summed E-state index contributed by atoms with van der Waals surface area (Å²) in [7, 11) is 0. The number of alkyl halides is 3. The molecule has 0 unspecified atom stereocenters. The topological polar surface area (TPSA) is 12.9 Å². The second kappa shape index (κ2) is 4.28. The van der Waals surface area contributed by atoms with E-state index in [2.05, 4.69) is 20.9 Å². The van der Waals surface area contributed by atoms with Crippen molar-refractivity contribution in [2.45, 2.75) is 11.8 Å². The molecule has 1 rings (SSSR count). The van der Waals surface area contributed by atoms with Crippen LogP contribution in [0.15, 0.2) is 6.20 Å². The molecule has 1 aromatic heterocycles. The molecule has 0 amide bonds. The monoisotopic (exact) mass is 273 g/mol. The molecule has 1 heterocycles. The molecule has 0 aromatic carbocycles. The van der Waals surface area contributed by atoms with Crippen LogP contribution < -0.4 is 0 Å². The van der Waals surface area contributed by atoms with Crippen molar-refractivity contribution in [3.63, 3.8) is 0 Å². The average molecular weight is 274 g/mol. The molecule has 6 heteroatoms. The van der Waals surface area contributed by atoms with E-state index in [0.717, 1.165) is 6.20 Å². The standard InChI is InChI=1S/C7H4BrClF3N/c8-1-4-5(7(11)12)6(10)3(9)2-13-4/h2,7H,1H2. The molecule has 0 saturated carbocycles. The number of pyridine rings is 1. The van der Waals surface area contributed by atoms with E-state index in [4.69, 9.17) is 11.6 Å². The highest BCUT2D eigenvalue weighted by molar-refractivity contribution is 9.08. The minimum Gasteiger partial charge on any atom is -0.258 e. The Labute approximate surface area is 86.0 Å². The van der Waals surface area contributed by atoms with E-state index in [1.807, 2.05) is 0 Å². The van der Waals surface area contributed by atoms with Crippen molar-refractivity contribution in [3.8, 4) is 0 Å². The summed E-state index contributed by atoms with van der Waals surface area (Å²) in [6.45, 7) is 0. The Kier molecular flexibility index (Phi) is 3.55. The van der Waals surface area contributed by atoms with Crippen LogP contribution in [-0.2, 0) is 5.33 Å². The van der Waals surface area contributed by atoms with Gasteiger partial charge in [-0.25, -0.2) is 13.2 Å². The molecule has 0 spiro atoms. The number of halogens is 5. The molecule has 0 radical (unpaired) electrons. The molecule has 0 aliphatic rings. The van der Waals surface area contributed by atoms with Crippen LogP contribution >= 0.6 is 27.5 Å². The first-order valence-corrected chi connectivity index (χ1v) is 4.74. The maximum Gasteiger partial charge on any atom is 0.268 e. The van der Waals surface area contributed by atoms with Gasteiger partial charge in [0.2, 0.25) is 0 Å². The van der Waals surface area contributed by atoms with Gasteiger partial charge in [0.25, 0.3) is 6.43 Å². The molecule has 0 aliphatic carbocycles. The zero-order chi connectivity index (χ0) is 10.0. The molecular formula is C7H4BrClF3N. The minimum atomic E-state index is -2.90. The van der Waals surface area contributed by atoms with Crippen LogP contribution in [0.5, 0.6) is 0 Å². The largest absolute Gasteiger partial charge is 0.268 e. The van der Waals surface area contributed by atoms with E-state index in [1.54, 1.807) is 0 Å². The van der Waals surface area contributed by atoms with E-state index >= 15 is 0 Å². The molecule has 0 aliphatic heterocycles. The zero-order valence-electron chi connectivity index (χ0n) is 6.20. The summed E-state index contributed by atoms with van der Waals surface area (Å²) in [5.74, 6) is -1.10. The first-order chi connectivity index (χ1) is 6.07. The van der Waals surface area contributed by atoms with Gasteiger partial charge in [-0.2, -0.15) is 0 Å². The van der Waals surface area contributed by atoms with Crippen LogP contribution in [0.25, 0.3) is 0 Å². The number of aromatic nitrogens is 1. The van der Waals surface area contributed by atoms with E-state index in [1.165, 1.54) is 0 Å². The normalized spacial score (nSPS) is 10.9. The molecule has 0 saturated heterocycles. The molecule has 0 bridgehead atoms. The Morgan fingerprint density at radius 2 is 2.15 bits per heavy atom.